The average Bonchev–Trinajstić information content (AvgIpc) is 2.57. The van der Waals surface area contributed by atoms with Crippen LogP contribution >= 0.6 is 40.7 Å². The SMILES string of the molecule is Cl.Cl.Oc1c(Br)ccc(F)c1[C@H](C1CCOCC1)N1CCNCC1. The van der Waals surface area contributed by atoms with Crippen molar-refractivity contribution >= 4 is 40.7 Å². The fraction of sp³-hybridized carbons (Fsp3) is 0.625. The van der Waals surface area contributed by atoms with E-state index in [2.05, 4.69) is 26.1 Å². The van der Waals surface area contributed by atoms with E-state index in [9.17, 15) is 9.50 Å². The van der Waals surface area contributed by atoms with Crippen molar-refractivity contribution in [1.82, 2.24) is 10.2 Å². The van der Waals surface area contributed by atoms with Gasteiger partial charge in [-0.25, -0.2) is 4.39 Å². The van der Waals surface area contributed by atoms with Crippen LogP contribution < -0.4 is 5.32 Å². The van der Waals surface area contributed by atoms with Gasteiger partial charge < -0.3 is 15.2 Å². The Morgan fingerprint density at radius 3 is 2.46 bits per heavy atom. The molecule has 24 heavy (non-hydrogen) atoms. The Kier molecular flexibility index (Phi) is 9.27. The molecular formula is C16H24BrCl2FN2O2. The lowest BCUT2D eigenvalue weighted by Gasteiger charge is -2.41. The lowest BCUT2D eigenvalue weighted by atomic mass is 9.85. The van der Waals surface area contributed by atoms with Gasteiger partial charge in [-0.3, -0.25) is 4.90 Å². The molecule has 2 fully saturated rings. The molecule has 3 rings (SSSR count). The first-order chi connectivity index (χ1) is 10.7. The second-order valence-electron chi connectivity index (χ2n) is 5.97. The molecule has 4 nitrogen and oxygen atoms in total. The maximum atomic E-state index is 14.5. The summed E-state index contributed by atoms with van der Waals surface area (Å²) >= 11 is 3.32. The minimum Gasteiger partial charge on any atom is -0.506 e. The summed E-state index contributed by atoms with van der Waals surface area (Å²) in [7, 11) is 0. The van der Waals surface area contributed by atoms with Gasteiger partial charge in [-0.15, -0.1) is 24.8 Å². The molecule has 1 aromatic rings. The van der Waals surface area contributed by atoms with E-state index in [1.165, 1.54) is 6.07 Å². The van der Waals surface area contributed by atoms with E-state index in [0.717, 1.165) is 39.0 Å². The first kappa shape index (κ1) is 21.9. The summed E-state index contributed by atoms with van der Waals surface area (Å²) in [5.41, 5.74) is 0.433. The fourth-order valence-electron chi connectivity index (χ4n) is 3.55. The summed E-state index contributed by atoms with van der Waals surface area (Å²) in [6.45, 7) is 4.96. The predicted octanol–water partition coefficient (Wildman–Crippen LogP) is 3.51. The van der Waals surface area contributed by atoms with Crippen LogP contribution in [0.5, 0.6) is 5.75 Å². The molecule has 138 valence electrons. The molecule has 0 spiro atoms. The molecule has 1 aromatic carbocycles. The summed E-state index contributed by atoms with van der Waals surface area (Å²) < 4.78 is 20.5. The van der Waals surface area contributed by atoms with Gasteiger partial charge in [0, 0.05) is 51.0 Å². The van der Waals surface area contributed by atoms with Crippen molar-refractivity contribution in [2.24, 2.45) is 5.92 Å². The summed E-state index contributed by atoms with van der Waals surface area (Å²) in [5.74, 6) is 0.0206. The van der Waals surface area contributed by atoms with E-state index in [0.29, 0.717) is 29.2 Å². The standard InChI is InChI=1S/C16H22BrFN2O2.2ClH/c17-12-1-2-13(18)14(16(12)21)15(11-3-9-22-10-4-11)20-7-5-19-6-8-20;;/h1-2,11,15,19,21H,3-10H2;2*1H/t15-;;/m0../s1. The molecular weight excluding hydrogens is 422 g/mol. The zero-order valence-corrected chi connectivity index (χ0v) is 16.6. The Morgan fingerprint density at radius 2 is 1.83 bits per heavy atom. The van der Waals surface area contributed by atoms with Gasteiger partial charge in [-0.2, -0.15) is 0 Å². The van der Waals surface area contributed by atoms with E-state index in [4.69, 9.17) is 4.74 Å². The van der Waals surface area contributed by atoms with Crippen LogP contribution in [0, 0.1) is 11.7 Å². The average molecular weight is 446 g/mol. The van der Waals surface area contributed by atoms with Crippen molar-refractivity contribution < 1.29 is 14.2 Å². The van der Waals surface area contributed by atoms with Gasteiger partial charge in [0.1, 0.15) is 11.6 Å². The number of halogens is 4. The number of rotatable bonds is 3. The van der Waals surface area contributed by atoms with Crippen molar-refractivity contribution in [2.75, 3.05) is 39.4 Å². The van der Waals surface area contributed by atoms with E-state index in [-0.39, 0.29) is 42.4 Å². The van der Waals surface area contributed by atoms with E-state index in [1.807, 2.05) is 0 Å². The summed E-state index contributed by atoms with van der Waals surface area (Å²) in [4.78, 5) is 2.30. The van der Waals surface area contributed by atoms with Crippen molar-refractivity contribution in [3.63, 3.8) is 0 Å². The van der Waals surface area contributed by atoms with Gasteiger partial charge in [-0.1, -0.05) is 0 Å². The minimum absolute atomic E-state index is 0. The van der Waals surface area contributed by atoms with Crippen LogP contribution in [-0.4, -0.2) is 49.4 Å². The number of nitrogens with one attached hydrogen (secondary N) is 1. The molecule has 0 radical (unpaired) electrons. The van der Waals surface area contributed by atoms with Crippen LogP contribution in [0.15, 0.2) is 16.6 Å². The van der Waals surface area contributed by atoms with Crippen LogP contribution in [0.1, 0.15) is 24.4 Å². The Balaban J connectivity index is 0.00000144. The van der Waals surface area contributed by atoms with Crippen LogP contribution in [0.3, 0.4) is 0 Å². The Morgan fingerprint density at radius 1 is 1.21 bits per heavy atom. The van der Waals surface area contributed by atoms with Crippen molar-refractivity contribution in [1.29, 1.82) is 0 Å². The number of phenols is 1. The van der Waals surface area contributed by atoms with Gasteiger partial charge >= 0.3 is 0 Å². The number of aromatic hydroxyl groups is 1. The highest BCUT2D eigenvalue weighted by atomic mass is 79.9. The highest BCUT2D eigenvalue weighted by Gasteiger charge is 2.35. The van der Waals surface area contributed by atoms with Crippen LogP contribution in [0.2, 0.25) is 0 Å². The second-order valence-corrected chi connectivity index (χ2v) is 6.83. The highest BCUT2D eigenvalue weighted by molar-refractivity contribution is 9.10. The van der Waals surface area contributed by atoms with Crippen LogP contribution in [0.25, 0.3) is 0 Å². The lowest BCUT2D eigenvalue weighted by Crippen LogP contribution is -2.47. The van der Waals surface area contributed by atoms with E-state index < -0.39 is 0 Å². The number of benzene rings is 1. The number of hydrogen-bond donors (Lipinski definition) is 2. The number of piperazine rings is 1. The molecule has 2 N–H and O–H groups in total. The van der Waals surface area contributed by atoms with E-state index >= 15 is 0 Å². The molecule has 0 amide bonds. The number of hydrogen-bond acceptors (Lipinski definition) is 4. The van der Waals surface area contributed by atoms with Crippen LogP contribution in [-0.2, 0) is 4.74 Å². The molecule has 8 heteroatoms. The largest absolute Gasteiger partial charge is 0.506 e. The molecule has 0 unspecified atom stereocenters. The lowest BCUT2D eigenvalue weighted by molar-refractivity contribution is 0.0195. The fourth-order valence-corrected chi connectivity index (χ4v) is 3.89. The molecule has 2 heterocycles. The minimum atomic E-state index is -0.323. The molecule has 2 aliphatic rings. The quantitative estimate of drug-likeness (QED) is 0.747. The van der Waals surface area contributed by atoms with Gasteiger partial charge in [-0.05, 0) is 46.8 Å². The van der Waals surface area contributed by atoms with E-state index in [1.54, 1.807) is 6.07 Å². The highest BCUT2D eigenvalue weighted by Crippen LogP contribution is 2.43. The zero-order chi connectivity index (χ0) is 15.5. The van der Waals surface area contributed by atoms with Gasteiger partial charge in [0.25, 0.3) is 0 Å². The van der Waals surface area contributed by atoms with Crippen molar-refractivity contribution in [3.05, 3.63) is 28.0 Å². The molecule has 0 bridgehead atoms. The Hall–Kier alpha value is -0.110. The molecule has 0 saturated carbocycles. The predicted molar refractivity (Wildman–Crippen MR) is 101 cm³/mol. The smallest absolute Gasteiger partial charge is 0.137 e. The van der Waals surface area contributed by atoms with Gasteiger partial charge in [0.05, 0.1) is 4.47 Å². The summed E-state index contributed by atoms with van der Waals surface area (Å²) in [6.07, 6.45) is 1.81. The first-order valence-electron chi connectivity index (χ1n) is 7.88. The number of phenolic OH excluding ortho intramolecular Hbond substituents is 1. The third-order valence-electron chi connectivity index (χ3n) is 4.67. The molecule has 0 aromatic heterocycles. The van der Waals surface area contributed by atoms with Gasteiger partial charge in [0.15, 0.2) is 0 Å². The third kappa shape index (κ3) is 4.74. The van der Waals surface area contributed by atoms with Gasteiger partial charge in [0.2, 0.25) is 0 Å². The summed E-state index contributed by atoms with van der Waals surface area (Å²) in [5, 5.41) is 13.8. The Bertz CT molecular complexity index is 509. The van der Waals surface area contributed by atoms with Crippen molar-refractivity contribution in [2.45, 2.75) is 18.9 Å². The first-order valence-corrected chi connectivity index (χ1v) is 8.67. The molecule has 2 saturated heterocycles. The monoisotopic (exact) mass is 444 g/mol. The molecule has 0 aliphatic carbocycles. The second kappa shape index (κ2) is 10.1. The zero-order valence-electron chi connectivity index (χ0n) is 13.3. The number of ether oxygens (including phenoxy) is 1. The Labute approximate surface area is 163 Å². The summed E-state index contributed by atoms with van der Waals surface area (Å²) in [6, 6.07) is 2.91. The van der Waals surface area contributed by atoms with Crippen LogP contribution in [0.4, 0.5) is 4.39 Å². The van der Waals surface area contributed by atoms with Crippen molar-refractivity contribution in [3.8, 4) is 5.75 Å². The third-order valence-corrected chi connectivity index (χ3v) is 5.31. The molecule has 1 atom stereocenters. The topological polar surface area (TPSA) is 44.7 Å². The molecule has 2 aliphatic heterocycles. The number of nitrogens with zero attached hydrogens (tertiary/aromatic N) is 1. The normalized spacial score (nSPS) is 20.8. The maximum Gasteiger partial charge on any atom is 0.137 e. The maximum absolute atomic E-state index is 14.5.